The van der Waals surface area contributed by atoms with Crippen LogP contribution in [-0.2, 0) is 4.74 Å². The minimum absolute atomic E-state index is 0.646. The smallest absolute Gasteiger partial charge is 0.0876 e. The molecular formula is C8H13NO. The highest BCUT2D eigenvalue weighted by Gasteiger charge is 2.62. The molecule has 10 heavy (non-hydrogen) atoms. The van der Waals surface area contributed by atoms with Gasteiger partial charge >= 0.3 is 0 Å². The molecule has 3 aliphatic rings. The molecule has 1 aliphatic heterocycles. The van der Waals surface area contributed by atoms with Gasteiger partial charge in [-0.3, -0.25) is 0 Å². The molecule has 0 amide bonds. The number of nitrogens with two attached hydrogens (primary N) is 1. The normalized spacial score (nSPS) is 62.7. The van der Waals surface area contributed by atoms with E-state index in [1.807, 2.05) is 0 Å². The fraction of sp³-hybridized carbons (Fsp3) is 1.00. The van der Waals surface area contributed by atoms with Crippen molar-refractivity contribution in [2.75, 3.05) is 6.54 Å². The summed E-state index contributed by atoms with van der Waals surface area (Å²) in [6.07, 6.45) is 4.08. The summed E-state index contributed by atoms with van der Waals surface area (Å²) < 4.78 is 5.52. The van der Waals surface area contributed by atoms with E-state index in [4.69, 9.17) is 10.5 Å². The van der Waals surface area contributed by atoms with Gasteiger partial charge in [0.25, 0.3) is 0 Å². The van der Waals surface area contributed by atoms with Crippen molar-refractivity contribution in [2.45, 2.75) is 25.0 Å². The first kappa shape index (κ1) is 5.56. The van der Waals surface area contributed by atoms with Crippen molar-refractivity contribution in [1.82, 2.24) is 0 Å². The predicted molar refractivity (Wildman–Crippen MR) is 37.4 cm³/mol. The molecule has 0 unspecified atom stereocenters. The zero-order chi connectivity index (χ0) is 6.72. The third-order valence-corrected chi connectivity index (χ3v) is 3.54. The quantitative estimate of drug-likeness (QED) is 0.533. The SMILES string of the molecule is NC[C@H]1C[C@H]2C[C@@H]1[C@@H]1O[C@H]21. The van der Waals surface area contributed by atoms with Crippen molar-refractivity contribution in [3.8, 4) is 0 Å². The van der Waals surface area contributed by atoms with Crippen molar-refractivity contribution in [1.29, 1.82) is 0 Å². The van der Waals surface area contributed by atoms with E-state index in [-0.39, 0.29) is 0 Å². The maximum absolute atomic E-state index is 5.65. The lowest BCUT2D eigenvalue weighted by Gasteiger charge is -2.15. The standard InChI is InChI=1S/C8H13NO/c9-3-5-1-4-2-6(5)8-7(4)10-8/h4-8H,1-3,9H2/t4-,5+,6-,7+,8-/m0/s1. The van der Waals surface area contributed by atoms with Gasteiger partial charge in [-0.05, 0) is 37.1 Å². The molecule has 0 aromatic carbocycles. The van der Waals surface area contributed by atoms with Gasteiger partial charge in [0.15, 0.2) is 0 Å². The van der Waals surface area contributed by atoms with E-state index >= 15 is 0 Å². The Kier molecular flexibility index (Phi) is 0.868. The third kappa shape index (κ3) is 0.487. The molecular weight excluding hydrogens is 126 g/mol. The molecule has 0 aromatic rings. The van der Waals surface area contributed by atoms with E-state index in [9.17, 15) is 0 Å². The highest BCUT2D eigenvalue weighted by molar-refractivity contribution is 5.10. The van der Waals surface area contributed by atoms with Gasteiger partial charge in [-0.2, -0.15) is 0 Å². The predicted octanol–water partition coefficient (Wildman–Crippen LogP) is 0.369. The first-order valence-corrected chi connectivity index (χ1v) is 4.25. The maximum Gasteiger partial charge on any atom is 0.0876 e. The van der Waals surface area contributed by atoms with Gasteiger partial charge in [-0.25, -0.2) is 0 Å². The van der Waals surface area contributed by atoms with Crippen LogP contribution in [0.4, 0.5) is 0 Å². The first-order chi connectivity index (χ1) is 4.90. The Morgan fingerprint density at radius 2 is 2.20 bits per heavy atom. The van der Waals surface area contributed by atoms with E-state index in [1.165, 1.54) is 12.8 Å². The topological polar surface area (TPSA) is 38.5 Å². The molecule has 5 atom stereocenters. The van der Waals surface area contributed by atoms with Crippen LogP contribution in [0.2, 0.25) is 0 Å². The number of hydrogen-bond acceptors (Lipinski definition) is 2. The minimum atomic E-state index is 0.646. The fourth-order valence-corrected chi connectivity index (χ4v) is 3.00. The Morgan fingerprint density at radius 1 is 1.30 bits per heavy atom. The second-order valence-corrected chi connectivity index (χ2v) is 3.96. The Hall–Kier alpha value is -0.0800. The molecule has 2 bridgehead atoms. The average Bonchev–Trinajstić information content (AvgIpc) is 2.58. The Morgan fingerprint density at radius 3 is 2.80 bits per heavy atom. The van der Waals surface area contributed by atoms with Crippen molar-refractivity contribution >= 4 is 0 Å². The number of ether oxygens (including phenoxy) is 1. The van der Waals surface area contributed by atoms with Crippen molar-refractivity contribution in [3.63, 3.8) is 0 Å². The summed E-state index contributed by atoms with van der Waals surface area (Å²) in [5.41, 5.74) is 5.65. The number of hydrogen-bond donors (Lipinski definition) is 1. The van der Waals surface area contributed by atoms with Crippen LogP contribution in [-0.4, -0.2) is 18.8 Å². The van der Waals surface area contributed by atoms with Crippen LogP contribution in [0.15, 0.2) is 0 Å². The Labute approximate surface area is 60.7 Å². The van der Waals surface area contributed by atoms with Gasteiger partial charge in [0.1, 0.15) is 0 Å². The summed E-state index contributed by atoms with van der Waals surface area (Å²) in [6.45, 7) is 0.883. The van der Waals surface area contributed by atoms with Crippen molar-refractivity contribution in [3.05, 3.63) is 0 Å². The Balaban J connectivity index is 1.85. The van der Waals surface area contributed by atoms with Gasteiger partial charge in [0.05, 0.1) is 12.2 Å². The summed E-state index contributed by atoms with van der Waals surface area (Å²) in [7, 11) is 0. The molecule has 3 fully saturated rings. The zero-order valence-corrected chi connectivity index (χ0v) is 5.99. The molecule has 0 spiro atoms. The van der Waals surface area contributed by atoms with Crippen LogP contribution in [0.3, 0.4) is 0 Å². The first-order valence-electron chi connectivity index (χ1n) is 4.25. The minimum Gasteiger partial charge on any atom is -0.369 e. The lowest BCUT2D eigenvalue weighted by atomic mass is 9.89. The van der Waals surface area contributed by atoms with Gasteiger partial charge in [0, 0.05) is 0 Å². The van der Waals surface area contributed by atoms with Crippen LogP contribution in [0, 0.1) is 17.8 Å². The van der Waals surface area contributed by atoms with Gasteiger partial charge < -0.3 is 10.5 Å². The number of rotatable bonds is 1. The fourth-order valence-electron chi connectivity index (χ4n) is 3.00. The molecule has 0 aromatic heterocycles. The van der Waals surface area contributed by atoms with E-state index in [1.54, 1.807) is 0 Å². The van der Waals surface area contributed by atoms with Crippen LogP contribution >= 0.6 is 0 Å². The number of fused-ring (bicyclic) bond motifs is 5. The van der Waals surface area contributed by atoms with Gasteiger partial charge in [-0.15, -0.1) is 0 Å². The van der Waals surface area contributed by atoms with Gasteiger partial charge in [0.2, 0.25) is 0 Å². The third-order valence-electron chi connectivity index (χ3n) is 3.54. The van der Waals surface area contributed by atoms with E-state index in [2.05, 4.69) is 0 Å². The Bertz CT molecular complexity index is 171. The lowest BCUT2D eigenvalue weighted by molar-refractivity contribution is 0.252. The molecule has 1 heterocycles. The molecule has 1 saturated heterocycles. The molecule has 56 valence electrons. The number of epoxide rings is 1. The highest BCUT2D eigenvalue weighted by atomic mass is 16.6. The molecule has 3 rings (SSSR count). The molecule has 2 heteroatoms. The summed E-state index contributed by atoms with van der Waals surface area (Å²) in [6, 6.07) is 0. The lowest BCUT2D eigenvalue weighted by Crippen LogP contribution is -2.24. The second kappa shape index (κ2) is 1.56. The molecule has 2 aliphatic carbocycles. The van der Waals surface area contributed by atoms with Crippen molar-refractivity contribution in [2.24, 2.45) is 23.5 Å². The maximum atomic E-state index is 5.65. The average molecular weight is 139 g/mol. The summed E-state index contributed by atoms with van der Waals surface area (Å²) >= 11 is 0. The summed E-state index contributed by atoms with van der Waals surface area (Å²) in [4.78, 5) is 0. The second-order valence-electron chi connectivity index (χ2n) is 3.96. The summed E-state index contributed by atoms with van der Waals surface area (Å²) in [5, 5.41) is 0. The van der Waals surface area contributed by atoms with Crippen molar-refractivity contribution < 1.29 is 4.74 Å². The zero-order valence-electron chi connectivity index (χ0n) is 5.99. The monoisotopic (exact) mass is 139 g/mol. The molecule has 0 radical (unpaired) electrons. The largest absolute Gasteiger partial charge is 0.369 e. The molecule has 2 nitrogen and oxygen atoms in total. The van der Waals surface area contributed by atoms with Gasteiger partial charge in [-0.1, -0.05) is 0 Å². The van der Waals surface area contributed by atoms with Crippen LogP contribution in [0.1, 0.15) is 12.8 Å². The van der Waals surface area contributed by atoms with Crippen LogP contribution in [0.25, 0.3) is 0 Å². The van der Waals surface area contributed by atoms with Crippen LogP contribution < -0.4 is 5.73 Å². The highest BCUT2D eigenvalue weighted by Crippen LogP contribution is 2.58. The molecule has 2 N–H and O–H groups in total. The molecule has 2 saturated carbocycles. The van der Waals surface area contributed by atoms with E-state index < -0.39 is 0 Å². The van der Waals surface area contributed by atoms with E-state index in [0.717, 1.165) is 24.3 Å². The summed E-state index contributed by atoms with van der Waals surface area (Å²) in [5.74, 6) is 2.54. The van der Waals surface area contributed by atoms with Crippen LogP contribution in [0.5, 0.6) is 0 Å². The van der Waals surface area contributed by atoms with E-state index in [0.29, 0.717) is 12.2 Å².